The summed E-state index contributed by atoms with van der Waals surface area (Å²) in [6.07, 6.45) is 0. The second kappa shape index (κ2) is 5.33. The number of aromatic nitrogens is 2. The number of thiophene rings is 1. The highest BCUT2D eigenvalue weighted by atomic mass is 79.9. The Labute approximate surface area is 118 Å². The first-order valence-corrected chi connectivity index (χ1v) is 7.05. The maximum atomic E-state index is 5.85. The first kappa shape index (κ1) is 12.8. The number of aryl methyl sites for hydroxylation is 1. The molecule has 0 saturated heterocycles. The van der Waals surface area contributed by atoms with Crippen molar-refractivity contribution in [1.29, 1.82) is 0 Å². The van der Waals surface area contributed by atoms with Gasteiger partial charge in [0.15, 0.2) is 0 Å². The van der Waals surface area contributed by atoms with Crippen LogP contribution in [-0.4, -0.2) is 17.0 Å². The molecule has 0 bridgehead atoms. The van der Waals surface area contributed by atoms with Gasteiger partial charge in [-0.25, -0.2) is 9.97 Å². The Hall–Kier alpha value is -0.650. The average molecular weight is 333 g/mol. The maximum Gasteiger partial charge on any atom is 0.224 e. The third kappa shape index (κ3) is 3.40. The fourth-order valence-electron chi connectivity index (χ4n) is 1.50. The van der Waals surface area contributed by atoms with E-state index in [-0.39, 0.29) is 0 Å². The molecule has 0 fully saturated rings. The maximum absolute atomic E-state index is 5.85. The van der Waals surface area contributed by atoms with E-state index in [1.54, 1.807) is 11.3 Å². The lowest BCUT2D eigenvalue weighted by Crippen LogP contribution is -2.17. The number of hydrogen-bond donors (Lipinski definition) is 0. The van der Waals surface area contributed by atoms with Crippen molar-refractivity contribution in [2.24, 2.45) is 0 Å². The summed E-state index contributed by atoms with van der Waals surface area (Å²) in [5, 5.41) is 2.41. The van der Waals surface area contributed by atoms with Crippen LogP contribution in [0.2, 0.25) is 5.28 Å². The molecule has 0 N–H and O–H groups in total. The SMILES string of the molecule is Cc1cc(N(C)Cc2csc(Br)c2)nc(Cl)n1. The Balaban J connectivity index is 2.16. The standard InChI is InChI=1S/C11H11BrClN3S/c1-7-3-10(15-11(13)14-7)16(2)5-8-4-9(12)17-6-8/h3-4,6H,5H2,1-2H3. The number of halogens is 2. The number of hydrogen-bond acceptors (Lipinski definition) is 4. The predicted octanol–water partition coefficient (Wildman–Crippen LogP) is 3.90. The van der Waals surface area contributed by atoms with Crippen LogP contribution in [0, 0.1) is 6.92 Å². The number of rotatable bonds is 3. The zero-order valence-electron chi connectivity index (χ0n) is 9.44. The van der Waals surface area contributed by atoms with Crippen LogP contribution >= 0.6 is 38.9 Å². The second-order valence-electron chi connectivity index (χ2n) is 3.75. The van der Waals surface area contributed by atoms with Crippen molar-refractivity contribution >= 4 is 44.7 Å². The fraction of sp³-hybridized carbons (Fsp3) is 0.273. The van der Waals surface area contributed by atoms with Gasteiger partial charge >= 0.3 is 0 Å². The van der Waals surface area contributed by atoms with Crippen molar-refractivity contribution < 1.29 is 0 Å². The summed E-state index contributed by atoms with van der Waals surface area (Å²) in [5.74, 6) is 0.838. The van der Waals surface area contributed by atoms with E-state index in [0.29, 0.717) is 5.28 Å². The lowest BCUT2D eigenvalue weighted by Gasteiger charge is -2.17. The Morgan fingerprint density at radius 1 is 1.41 bits per heavy atom. The minimum atomic E-state index is 0.290. The first-order valence-electron chi connectivity index (χ1n) is 5.00. The van der Waals surface area contributed by atoms with Crippen LogP contribution in [-0.2, 0) is 6.54 Å². The van der Waals surface area contributed by atoms with Crippen molar-refractivity contribution in [3.8, 4) is 0 Å². The Bertz CT molecular complexity index is 509. The van der Waals surface area contributed by atoms with Crippen LogP contribution in [0.5, 0.6) is 0 Å². The molecule has 0 saturated carbocycles. The van der Waals surface area contributed by atoms with Gasteiger partial charge in [0.1, 0.15) is 5.82 Å². The third-order valence-electron chi connectivity index (χ3n) is 2.25. The molecule has 2 aromatic heterocycles. The highest BCUT2D eigenvalue weighted by Crippen LogP contribution is 2.23. The molecule has 0 aromatic carbocycles. The Morgan fingerprint density at radius 2 is 2.18 bits per heavy atom. The molecule has 2 rings (SSSR count). The van der Waals surface area contributed by atoms with Gasteiger partial charge in [-0.15, -0.1) is 11.3 Å². The quantitative estimate of drug-likeness (QED) is 0.798. The molecule has 2 aromatic rings. The summed E-state index contributed by atoms with van der Waals surface area (Å²) in [4.78, 5) is 10.3. The van der Waals surface area contributed by atoms with Crippen molar-refractivity contribution in [2.75, 3.05) is 11.9 Å². The largest absolute Gasteiger partial charge is 0.355 e. The molecule has 0 spiro atoms. The second-order valence-corrected chi connectivity index (χ2v) is 6.38. The molecular weight excluding hydrogens is 322 g/mol. The molecule has 17 heavy (non-hydrogen) atoms. The summed E-state index contributed by atoms with van der Waals surface area (Å²) in [7, 11) is 1.99. The van der Waals surface area contributed by atoms with Crippen molar-refractivity contribution in [3.05, 3.63) is 37.8 Å². The van der Waals surface area contributed by atoms with Crippen LogP contribution in [0.4, 0.5) is 5.82 Å². The zero-order chi connectivity index (χ0) is 12.4. The molecule has 0 atom stereocenters. The van der Waals surface area contributed by atoms with Gasteiger partial charge in [-0.1, -0.05) is 0 Å². The van der Waals surface area contributed by atoms with Crippen LogP contribution in [0.1, 0.15) is 11.3 Å². The lowest BCUT2D eigenvalue weighted by atomic mass is 10.3. The summed E-state index contributed by atoms with van der Waals surface area (Å²) in [5.41, 5.74) is 2.12. The Morgan fingerprint density at radius 3 is 2.76 bits per heavy atom. The Kier molecular flexibility index (Phi) is 4.01. The molecule has 0 aliphatic carbocycles. The number of nitrogens with zero attached hydrogens (tertiary/aromatic N) is 3. The number of anilines is 1. The van der Waals surface area contributed by atoms with Gasteiger partial charge < -0.3 is 4.90 Å². The van der Waals surface area contributed by atoms with Crippen molar-refractivity contribution in [1.82, 2.24) is 9.97 Å². The van der Waals surface area contributed by atoms with E-state index >= 15 is 0 Å². The predicted molar refractivity (Wildman–Crippen MR) is 75.9 cm³/mol. The van der Waals surface area contributed by atoms with Crippen molar-refractivity contribution in [2.45, 2.75) is 13.5 Å². The third-order valence-corrected chi connectivity index (χ3v) is 3.97. The van der Waals surface area contributed by atoms with Crippen LogP contribution < -0.4 is 4.90 Å². The average Bonchev–Trinajstić information content (AvgIpc) is 2.62. The molecule has 0 aliphatic heterocycles. The van der Waals surface area contributed by atoms with Gasteiger partial charge in [-0.2, -0.15) is 0 Å². The minimum Gasteiger partial charge on any atom is -0.355 e. The van der Waals surface area contributed by atoms with E-state index in [9.17, 15) is 0 Å². The normalized spacial score (nSPS) is 10.6. The topological polar surface area (TPSA) is 29.0 Å². The lowest BCUT2D eigenvalue weighted by molar-refractivity contribution is 0.889. The van der Waals surface area contributed by atoms with Crippen LogP contribution in [0.15, 0.2) is 21.3 Å². The van der Waals surface area contributed by atoms with E-state index in [1.807, 2.05) is 20.0 Å². The molecule has 2 heterocycles. The highest BCUT2D eigenvalue weighted by Gasteiger charge is 2.07. The van der Waals surface area contributed by atoms with E-state index in [2.05, 4.69) is 42.2 Å². The van der Waals surface area contributed by atoms with Gasteiger partial charge in [-0.3, -0.25) is 0 Å². The molecule has 90 valence electrons. The molecule has 6 heteroatoms. The monoisotopic (exact) mass is 331 g/mol. The smallest absolute Gasteiger partial charge is 0.224 e. The minimum absolute atomic E-state index is 0.290. The summed E-state index contributed by atoms with van der Waals surface area (Å²) in [6, 6.07) is 4.03. The molecule has 0 aliphatic rings. The van der Waals surface area contributed by atoms with E-state index in [1.165, 1.54) is 5.56 Å². The van der Waals surface area contributed by atoms with E-state index < -0.39 is 0 Å². The molecular formula is C11H11BrClN3S. The molecule has 0 amide bonds. The van der Waals surface area contributed by atoms with Gasteiger partial charge in [0, 0.05) is 25.4 Å². The summed E-state index contributed by atoms with van der Waals surface area (Å²) >= 11 is 11.0. The van der Waals surface area contributed by atoms with Gasteiger partial charge in [0.05, 0.1) is 3.79 Å². The summed E-state index contributed by atoms with van der Waals surface area (Å²) < 4.78 is 1.14. The zero-order valence-corrected chi connectivity index (χ0v) is 12.6. The fourth-order valence-corrected chi connectivity index (χ4v) is 2.92. The van der Waals surface area contributed by atoms with Crippen molar-refractivity contribution in [3.63, 3.8) is 0 Å². The van der Waals surface area contributed by atoms with Gasteiger partial charge in [-0.05, 0) is 51.5 Å². The van der Waals surface area contributed by atoms with Crippen LogP contribution in [0.25, 0.3) is 0 Å². The highest BCUT2D eigenvalue weighted by molar-refractivity contribution is 9.11. The van der Waals surface area contributed by atoms with Gasteiger partial charge in [0.2, 0.25) is 5.28 Å². The first-order chi connectivity index (χ1) is 8.04. The van der Waals surface area contributed by atoms with Crippen LogP contribution in [0.3, 0.4) is 0 Å². The molecule has 0 unspecified atom stereocenters. The van der Waals surface area contributed by atoms with E-state index in [4.69, 9.17) is 11.6 Å². The van der Waals surface area contributed by atoms with Gasteiger partial charge in [0.25, 0.3) is 0 Å². The summed E-state index contributed by atoms with van der Waals surface area (Å²) in [6.45, 7) is 2.71. The molecule has 3 nitrogen and oxygen atoms in total. The van der Waals surface area contributed by atoms with E-state index in [0.717, 1.165) is 21.8 Å². The molecule has 0 radical (unpaired) electrons.